The van der Waals surface area contributed by atoms with Gasteiger partial charge in [-0.15, -0.1) is 0 Å². The number of nitrogens with two attached hydrogens (primary N) is 1. The van der Waals surface area contributed by atoms with E-state index in [9.17, 15) is 0 Å². The van der Waals surface area contributed by atoms with E-state index in [4.69, 9.17) is 15.0 Å². The molecule has 1 saturated heterocycles. The third-order valence-electron chi connectivity index (χ3n) is 4.12. The van der Waals surface area contributed by atoms with Crippen LogP contribution in [0.2, 0.25) is 0 Å². The molecule has 3 rings (SSSR count). The highest BCUT2D eigenvalue weighted by atomic mass is 16.5. The molecule has 1 aliphatic heterocycles. The second-order valence-corrected chi connectivity index (χ2v) is 5.29. The van der Waals surface area contributed by atoms with E-state index >= 15 is 0 Å². The molecule has 1 aliphatic carbocycles. The Morgan fingerprint density at radius 2 is 2.29 bits per heavy atom. The smallest absolute Gasteiger partial charge is 0.234 e. The summed E-state index contributed by atoms with van der Waals surface area (Å²) < 4.78 is 10.7. The Balaban J connectivity index is 1.69. The normalized spacial score (nSPS) is 27.0. The number of hydrogen-bond donors (Lipinski definition) is 1. The van der Waals surface area contributed by atoms with Crippen LogP contribution in [0.5, 0.6) is 0 Å². The summed E-state index contributed by atoms with van der Waals surface area (Å²) in [5, 5.41) is 4.08. The van der Waals surface area contributed by atoms with E-state index in [0.717, 1.165) is 50.6 Å². The molecule has 0 amide bonds. The predicted octanol–water partition coefficient (Wildman–Crippen LogP) is 1.03. The largest absolute Gasteiger partial charge is 0.381 e. The van der Waals surface area contributed by atoms with Crippen molar-refractivity contribution >= 4 is 0 Å². The first-order valence-electron chi connectivity index (χ1n) is 6.43. The topological polar surface area (TPSA) is 74.2 Å². The Morgan fingerprint density at radius 3 is 2.88 bits per heavy atom. The number of rotatable bonds is 4. The molecule has 1 aromatic heterocycles. The molecule has 94 valence electrons. The van der Waals surface area contributed by atoms with Crippen LogP contribution in [0.15, 0.2) is 4.52 Å². The minimum atomic E-state index is -0.0164. The zero-order valence-electron chi connectivity index (χ0n) is 10.0. The van der Waals surface area contributed by atoms with Crippen molar-refractivity contribution in [1.29, 1.82) is 0 Å². The van der Waals surface area contributed by atoms with Crippen molar-refractivity contribution in [3.05, 3.63) is 11.7 Å². The van der Waals surface area contributed by atoms with Gasteiger partial charge >= 0.3 is 0 Å². The Bertz CT molecular complexity index is 375. The molecular weight excluding hydrogens is 218 g/mol. The van der Waals surface area contributed by atoms with Gasteiger partial charge in [0.05, 0.1) is 5.41 Å². The molecule has 0 spiro atoms. The first kappa shape index (κ1) is 11.2. The molecule has 0 radical (unpaired) electrons. The van der Waals surface area contributed by atoms with Crippen molar-refractivity contribution in [3.63, 3.8) is 0 Å². The van der Waals surface area contributed by atoms with Gasteiger partial charge in [0, 0.05) is 26.2 Å². The molecule has 1 aromatic rings. The van der Waals surface area contributed by atoms with Gasteiger partial charge in [0.25, 0.3) is 0 Å². The van der Waals surface area contributed by atoms with Gasteiger partial charge in [0.2, 0.25) is 5.89 Å². The highest BCUT2D eigenvalue weighted by Gasteiger charge is 2.42. The van der Waals surface area contributed by atoms with Crippen LogP contribution in [0.25, 0.3) is 0 Å². The molecule has 2 N–H and O–H groups in total. The maximum atomic E-state index is 5.83. The van der Waals surface area contributed by atoms with Gasteiger partial charge in [-0.05, 0) is 25.2 Å². The lowest BCUT2D eigenvalue weighted by Gasteiger charge is -2.36. The lowest BCUT2D eigenvalue weighted by atomic mass is 9.69. The lowest BCUT2D eigenvalue weighted by molar-refractivity contribution is 0.181. The van der Waals surface area contributed by atoms with E-state index in [1.54, 1.807) is 0 Å². The van der Waals surface area contributed by atoms with Gasteiger partial charge in [0.1, 0.15) is 0 Å². The fourth-order valence-corrected chi connectivity index (χ4v) is 2.66. The second-order valence-electron chi connectivity index (χ2n) is 5.29. The first-order valence-corrected chi connectivity index (χ1v) is 6.43. The highest BCUT2D eigenvalue weighted by molar-refractivity contribution is 5.11. The summed E-state index contributed by atoms with van der Waals surface area (Å²) in [4.78, 5) is 4.53. The van der Waals surface area contributed by atoms with Crippen LogP contribution < -0.4 is 5.73 Å². The number of ether oxygens (including phenoxy) is 1. The van der Waals surface area contributed by atoms with E-state index in [-0.39, 0.29) is 5.41 Å². The minimum absolute atomic E-state index is 0.0164. The number of hydrogen-bond acceptors (Lipinski definition) is 5. The van der Waals surface area contributed by atoms with Gasteiger partial charge in [-0.1, -0.05) is 11.6 Å². The van der Waals surface area contributed by atoms with Crippen LogP contribution in [0.3, 0.4) is 0 Å². The van der Waals surface area contributed by atoms with E-state index in [2.05, 4.69) is 10.1 Å². The first-order chi connectivity index (χ1) is 8.32. The van der Waals surface area contributed by atoms with Crippen LogP contribution in [-0.4, -0.2) is 29.9 Å². The molecule has 0 bridgehead atoms. The van der Waals surface area contributed by atoms with Crippen LogP contribution in [0.4, 0.5) is 0 Å². The van der Waals surface area contributed by atoms with Crippen LogP contribution in [0.1, 0.15) is 37.4 Å². The van der Waals surface area contributed by atoms with Crippen LogP contribution >= 0.6 is 0 Å². The molecule has 2 aliphatic rings. The molecule has 2 fully saturated rings. The average Bonchev–Trinajstić information content (AvgIpc) is 2.90. The quantitative estimate of drug-likeness (QED) is 0.846. The molecule has 17 heavy (non-hydrogen) atoms. The van der Waals surface area contributed by atoms with E-state index < -0.39 is 0 Å². The summed E-state index contributed by atoms with van der Waals surface area (Å²) in [5.41, 5.74) is 5.81. The average molecular weight is 237 g/mol. The van der Waals surface area contributed by atoms with Crippen molar-refractivity contribution in [3.8, 4) is 0 Å². The standard InChI is InChI=1S/C12H19N3O2/c13-8-12(3-1-4-12)11-14-10(15-17-11)6-9-2-5-16-7-9/h9H,1-8,13H2. The summed E-state index contributed by atoms with van der Waals surface area (Å²) >= 11 is 0. The monoisotopic (exact) mass is 237 g/mol. The molecule has 1 saturated carbocycles. The van der Waals surface area contributed by atoms with Crippen molar-refractivity contribution < 1.29 is 9.26 Å². The van der Waals surface area contributed by atoms with Crippen LogP contribution in [-0.2, 0) is 16.6 Å². The number of nitrogens with zero attached hydrogens (tertiary/aromatic N) is 2. The third-order valence-corrected chi connectivity index (χ3v) is 4.12. The Hall–Kier alpha value is -0.940. The van der Waals surface area contributed by atoms with E-state index in [1.807, 2.05) is 0 Å². The lowest BCUT2D eigenvalue weighted by Crippen LogP contribution is -2.41. The maximum Gasteiger partial charge on any atom is 0.234 e. The van der Waals surface area contributed by atoms with Gasteiger partial charge < -0.3 is 15.0 Å². The SMILES string of the molecule is NCC1(c2nc(CC3CCOC3)no2)CCC1. The fourth-order valence-electron chi connectivity index (χ4n) is 2.66. The molecule has 1 atom stereocenters. The zero-order valence-corrected chi connectivity index (χ0v) is 10.0. The highest BCUT2D eigenvalue weighted by Crippen LogP contribution is 2.41. The molecule has 1 unspecified atom stereocenters. The van der Waals surface area contributed by atoms with Crippen molar-refractivity contribution in [2.24, 2.45) is 11.7 Å². The van der Waals surface area contributed by atoms with Gasteiger partial charge in [-0.25, -0.2) is 0 Å². The summed E-state index contributed by atoms with van der Waals surface area (Å²) in [6.07, 6.45) is 5.34. The van der Waals surface area contributed by atoms with E-state index in [1.165, 1.54) is 6.42 Å². The summed E-state index contributed by atoms with van der Waals surface area (Å²) in [6, 6.07) is 0. The molecule has 0 aromatic carbocycles. The second kappa shape index (κ2) is 4.38. The summed E-state index contributed by atoms with van der Waals surface area (Å²) in [7, 11) is 0. The molecule has 5 heteroatoms. The molecule has 2 heterocycles. The van der Waals surface area contributed by atoms with Crippen LogP contribution in [0, 0.1) is 5.92 Å². The fraction of sp³-hybridized carbons (Fsp3) is 0.833. The Labute approximate surface area is 101 Å². The van der Waals surface area contributed by atoms with Crippen molar-refractivity contribution in [2.75, 3.05) is 19.8 Å². The maximum absolute atomic E-state index is 5.83. The van der Waals surface area contributed by atoms with E-state index in [0.29, 0.717) is 12.5 Å². The van der Waals surface area contributed by atoms with Gasteiger partial charge in [0.15, 0.2) is 5.82 Å². The number of aromatic nitrogens is 2. The van der Waals surface area contributed by atoms with Crippen molar-refractivity contribution in [1.82, 2.24) is 10.1 Å². The zero-order chi connectivity index (χ0) is 11.7. The van der Waals surface area contributed by atoms with Crippen molar-refractivity contribution in [2.45, 2.75) is 37.5 Å². The molecule has 5 nitrogen and oxygen atoms in total. The van der Waals surface area contributed by atoms with Gasteiger partial charge in [-0.3, -0.25) is 0 Å². The van der Waals surface area contributed by atoms with Gasteiger partial charge in [-0.2, -0.15) is 4.98 Å². The molecular formula is C12H19N3O2. The summed E-state index contributed by atoms with van der Waals surface area (Å²) in [6.45, 7) is 2.30. The Kier molecular flexibility index (Phi) is 2.88. The minimum Gasteiger partial charge on any atom is -0.381 e. The Morgan fingerprint density at radius 1 is 1.41 bits per heavy atom. The summed E-state index contributed by atoms with van der Waals surface area (Å²) in [5.74, 6) is 2.12. The predicted molar refractivity (Wildman–Crippen MR) is 61.5 cm³/mol. The third kappa shape index (κ3) is 1.98.